The molecule has 0 radical (unpaired) electrons. The van der Waals surface area contributed by atoms with Gasteiger partial charge in [-0.2, -0.15) is 0 Å². The fourth-order valence-electron chi connectivity index (χ4n) is 0.892. The second-order valence-electron chi connectivity index (χ2n) is 2.66. The number of aromatic nitrogens is 1. The standard InChI is InChI=1S/C8H13N3OS/c1-6-10-4-7(13-6)5-11-8(12)2-3-9/h4H,2-3,5,9H2,1H3,(H,11,12). The number of rotatable bonds is 4. The molecule has 0 saturated carbocycles. The molecule has 13 heavy (non-hydrogen) atoms. The van der Waals surface area contributed by atoms with Crippen LogP contribution in [-0.2, 0) is 11.3 Å². The fraction of sp³-hybridized carbons (Fsp3) is 0.500. The number of thiazole rings is 1. The van der Waals surface area contributed by atoms with Crippen LogP contribution in [0, 0.1) is 6.92 Å². The number of nitrogens with two attached hydrogens (primary N) is 1. The van der Waals surface area contributed by atoms with Crippen LogP contribution in [0.1, 0.15) is 16.3 Å². The number of nitrogens with zero attached hydrogens (tertiary/aromatic N) is 1. The monoisotopic (exact) mass is 199 g/mol. The first-order valence-corrected chi connectivity index (χ1v) is 4.92. The Hall–Kier alpha value is -0.940. The van der Waals surface area contributed by atoms with Crippen molar-refractivity contribution < 1.29 is 4.79 Å². The number of nitrogens with one attached hydrogen (secondary N) is 1. The van der Waals surface area contributed by atoms with Crippen LogP contribution in [0.3, 0.4) is 0 Å². The Morgan fingerprint density at radius 1 is 1.77 bits per heavy atom. The molecule has 0 spiro atoms. The van der Waals surface area contributed by atoms with E-state index < -0.39 is 0 Å². The molecular formula is C8H13N3OS. The van der Waals surface area contributed by atoms with Gasteiger partial charge in [0.05, 0.1) is 11.6 Å². The molecule has 1 aromatic heterocycles. The van der Waals surface area contributed by atoms with Gasteiger partial charge in [-0.15, -0.1) is 11.3 Å². The quantitative estimate of drug-likeness (QED) is 0.738. The van der Waals surface area contributed by atoms with Crippen molar-refractivity contribution in [3.8, 4) is 0 Å². The molecule has 72 valence electrons. The van der Waals surface area contributed by atoms with Gasteiger partial charge in [-0.3, -0.25) is 4.79 Å². The van der Waals surface area contributed by atoms with Crippen molar-refractivity contribution in [3.63, 3.8) is 0 Å². The summed E-state index contributed by atoms with van der Waals surface area (Å²) < 4.78 is 0. The zero-order valence-corrected chi connectivity index (χ0v) is 8.36. The minimum atomic E-state index is -0.00597. The van der Waals surface area contributed by atoms with Crippen LogP contribution in [0.4, 0.5) is 0 Å². The first-order valence-electron chi connectivity index (χ1n) is 4.10. The zero-order chi connectivity index (χ0) is 9.68. The van der Waals surface area contributed by atoms with Crippen molar-refractivity contribution in [3.05, 3.63) is 16.1 Å². The van der Waals surface area contributed by atoms with Gasteiger partial charge in [0.1, 0.15) is 0 Å². The van der Waals surface area contributed by atoms with E-state index in [1.807, 2.05) is 6.92 Å². The first-order chi connectivity index (χ1) is 6.22. The van der Waals surface area contributed by atoms with Crippen molar-refractivity contribution in [2.75, 3.05) is 6.54 Å². The molecule has 0 fully saturated rings. The van der Waals surface area contributed by atoms with Gasteiger partial charge in [0.25, 0.3) is 0 Å². The third-order valence-corrected chi connectivity index (χ3v) is 2.41. The molecule has 3 N–H and O–H groups in total. The Morgan fingerprint density at radius 3 is 3.08 bits per heavy atom. The van der Waals surface area contributed by atoms with Gasteiger partial charge in [-0.25, -0.2) is 4.98 Å². The number of carbonyl (C=O) groups is 1. The number of aryl methyl sites for hydroxylation is 1. The number of amides is 1. The van der Waals surface area contributed by atoms with E-state index in [9.17, 15) is 4.79 Å². The third kappa shape index (κ3) is 3.52. The molecule has 0 unspecified atom stereocenters. The van der Waals surface area contributed by atoms with E-state index in [4.69, 9.17) is 5.73 Å². The molecule has 1 amide bonds. The smallest absolute Gasteiger partial charge is 0.221 e. The molecule has 4 nitrogen and oxygen atoms in total. The van der Waals surface area contributed by atoms with Crippen molar-refractivity contribution >= 4 is 17.2 Å². The zero-order valence-electron chi connectivity index (χ0n) is 7.54. The Morgan fingerprint density at radius 2 is 2.54 bits per heavy atom. The summed E-state index contributed by atoms with van der Waals surface area (Å²) in [5.41, 5.74) is 5.23. The minimum absolute atomic E-state index is 0.00597. The number of hydrogen-bond acceptors (Lipinski definition) is 4. The Bertz CT molecular complexity index is 285. The molecule has 5 heteroatoms. The molecule has 0 atom stereocenters. The van der Waals surface area contributed by atoms with Crippen LogP contribution in [-0.4, -0.2) is 17.4 Å². The predicted molar refractivity (Wildman–Crippen MR) is 52.4 cm³/mol. The maximum absolute atomic E-state index is 11.0. The summed E-state index contributed by atoms with van der Waals surface area (Å²) in [4.78, 5) is 16.2. The average Bonchev–Trinajstić information content (AvgIpc) is 2.49. The van der Waals surface area contributed by atoms with Gasteiger partial charge >= 0.3 is 0 Å². The summed E-state index contributed by atoms with van der Waals surface area (Å²) in [5, 5.41) is 3.78. The van der Waals surface area contributed by atoms with Crippen molar-refractivity contribution in [1.29, 1.82) is 0 Å². The van der Waals surface area contributed by atoms with Crippen molar-refractivity contribution in [2.24, 2.45) is 5.73 Å². The van der Waals surface area contributed by atoms with E-state index in [1.54, 1.807) is 17.5 Å². The Labute approximate surface area is 81.2 Å². The molecule has 1 heterocycles. The summed E-state index contributed by atoms with van der Waals surface area (Å²) >= 11 is 1.59. The van der Waals surface area contributed by atoms with Crippen LogP contribution >= 0.6 is 11.3 Å². The molecule has 0 saturated heterocycles. The van der Waals surface area contributed by atoms with Gasteiger partial charge in [-0.05, 0) is 6.92 Å². The van der Waals surface area contributed by atoms with E-state index in [0.29, 0.717) is 19.5 Å². The van der Waals surface area contributed by atoms with Crippen LogP contribution in [0.5, 0.6) is 0 Å². The van der Waals surface area contributed by atoms with E-state index >= 15 is 0 Å². The highest BCUT2D eigenvalue weighted by molar-refractivity contribution is 7.11. The van der Waals surface area contributed by atoms with Crippen LogP contribution in [0.15, 0.2) is 6.20 Å². The van der Waals surface area contributed by atoms with Crippen LogP contribution < -0.4 is 11.1 Å². The van der Waals surface area contributed by atoms with E-state index in [0.717, 1.165) is 9.88 Å². The molecule has 0 aliphatic heterocycles. The highest BCUT2D eigenvalue weighted by Gasteiger charge is 2.01. The molecule has 0 aliphatic carbocycles. The Kier molecular flexibility index (Phi) is 3.85. The lowest BCUT2D eigenvalue weighted by atomic mass is 10.4. The molecule has 0 aromatic carbocycles. The Balaban J connectivity index is 2.30. The van der Waals surface area contributed by atoms with Crippen LogP contribution in [0.2, 0.25) is 0 Å². The molecular weight excluding hydrogens is 186 g/mol. The lowest BCUT2D eigenvalue weighted by Crippen LogP contribution is -2.24. The highest BCUT2D eigenvalue weighted by Crippen LogP contribution is 2.10. The molecule has 1 aromatic rings. The molecule has 1 rings (SSSR count). The fourth-order valence-corrected chi connectivity index (χ4v) is 1.63. The second kappa shape index (κ2) is 4.94. The lowest BCUT2D eigenvalue weighted by Gasteiger charge is -2.00. The van der Waals surface area contributed by atoms with Crippen molar-refractivity contribution in [1.82, 2.24) is 10.3 Å². The summed E-state index contributed by atoms with van der Waals surface area (Å²) in [5.74, 6) is -0.00597. The summed E-state index contributed by atoms with van der Waals surface area (Å²) in [7, 11) is 0. The number of carbonyl (C=O) groups excluding carboxylic acids is 1. The largest absolute Gasteiger partial charge is 0.351 e. The molecule has 0 bridgehead atoms. The van der Waals surface area contributed by atoms with Gasteiger partial charge in [0.15, 0.2) is 0 Å². The SMILES string of the molecule is Cc1ncc(CNC(=O)CCN)s1. The summed E-state index contributed by atoms with van der Waals surface area (Å²) in [6.07, 6.45) is 2.17. The summed E-state index contributed by atoms with van der Waals surface area (Å²) in [6, 6.07) is 0. The highest BCUT2D eigenvalue weighted by atomic mass is 32.1. The average molecular weight is 199 g/mol. The summed E-state index contributed by atoms with van der Waals surface area (Å²) in [6.45, 7) is 2.90. The maximum Gasteiger partial charge on any atom is 0.221 e. The van der Waals surface area contributed by atoms with Gasteiger partial charge in [0, 0.05) is 24.0 Å². The van der Waals surface area contributed by atoms with Gasteiger partial charge in [0.2, 0.25) is 5.91 Å². The lowest BCUT2D eigenvalue weighted by molar-refractivity contribution is -0.121. The molecule has 0 aliphatic rings. The van der Waals surface area contributed by atoms with Gasteiger partial charge < -0.3 is 11.1 Å². The topological polar surface area (TPSA) is 68.0 Å². The maximum atomic E-state index is 11.0. The van der Waals surface area contributed by atoms with Crippen LogP contribution in [0.25, 0.3) is 0 Å². The van der Waals surface area contributed by atoms with E-state index in [-0.39, 0.29) is 5.91 Å². The normalized spacial score (nSPS) is 10.0. The van der Waals surface area contributed by atoms with E-state index in [2.05, 4.69) is 10.3 Å². The van der Waals surface area contributed by atoms with E-state index in [1.165, 1.54) is 0 Å². The van der Waals surface area contributed by atoms with Crippen molar-refractivity contribution in [2.45, 2.75) is 19.9 Å². The number of hydrogen-bond donors (Lipinski definition) is 2. The second-order valence-corrected chi connectivity index (χ2v) is 3.98. The minimum Gasteiger partial charge on any atom is -0.351 e. The van der Waals surface area contributed by atoms with Gasteiger partial charge in [-0.1, -0.05) is 0 Å². The third-order valence-electron chi connectivity index (χ3n) is 1.50. The predicted octanol–water partition coefficient (Wildman–Crippen LogP) is 0.417. The first kappa shape index (κ1) is 10.1.